The first-order chi connectivity index (χ1) is 8.65. The van der Waals surface area contributed by atoms with E-state index in [1.165, 1.54) is 0 Å². The van der Waals surface area contributed by atoms with E-state index in [1.807, 2.05) is 12.3 Å². The maximum atomic E-state index is 5.88. The smallest absolute Gasteiger partial charge is 0.226 e. The van der Waals surface area contributed by atoms with Crippen molar-refractivity contribution in [3.63, 3.8) is 0 Å². The average molecular weight is 263 g/mol. The lowest BCUT2D eigenvalue weighted by atomic mass is 10.1. The van der Waals surface area contributed by atoms with E-state index < -0.39 is 0 Å². The van der Waals surface area contributed by atoms with Crippen LogP contribution in [0.2, 0.25) is 5.28 Å². The molecule has 0 aliphatic rings. The second kappa shape index (κ2) is 4.06. The Morgan fingerprint density at radius 1 is 1.33 bits per heavy atom. The summed E-state index contributed by atoms with van der Waals surface area (Å²) in [6, 6.07) is 1.96. The molecular weight excluding hydrogens is 252 g/mol. The highest BCUT2D eigenvalue weighted by Gasteiger charge is 2.12. The van der Waals surface area contributed by atoms with Gasteiger partial charge >= 0.3 is 0 Å². The molecule has 0 unspecified atom stereocenters. The van der Waals surface area contributed by atoms with Crippen LogP contribution in [0, 0.1) is 0 Å². The molecule has 0 saturated carbocycles. The van der Waals surface area contributed by atoms with Crippen LogP contribution in [0.25, 0.3) is 17.0 Å². The fraction of sp³-hybridized carbons (Fsp3) is 0.273. The topological polar surface area (TPSA) is 72.3 Å². The van der Waals surface area contributed by atoms with Gasteiger partial charge in [-0.05, 0) is 23.6 Å². The molecule has 3 aromatic rings. The maximum absolute atomic E-state index is 5.88. The molecule has 3 aromatic heterocycles. The molecule has 0 bridgehead atoms. The Hall–Kier alpha value is -1.95. The van der Waals surface area contributed by atoms with Gasteiger partial charge in [-0.3, -0.25) is 0 Å². The summed E-state index contributed by atoms with van der Waals surface area (Å²) < 4.78 is 1.68. The standard InChI is InChI=1S/C11H11ClN6/c1-6(2)7-3-4-18(17-7)10-8-9(14-5-13-8)15-11(12)16-10/h3-6H,1-2H3,(H,13,14,15,16). The molecule has 0 aliphatic carbocycles. The van der Waals surface area contributed by atoms with E-state index in [9.17, 15) is 0 Å². The van der Waals surface area contributed by atoms with Gasteiger partial charge in [0, 0.05) is 6.20 Å². The zero-order valence-corrected chi connectivity index (χ0v) is 10.7. The summed E-state index contributed by atoms with van der Waals surface area (Å²) in [6.45, 7) is 4.18. The van der Waals surface area contributed by atoms with Gasteiger partial charge in [0.1, 0.15) is 5.52 Å². The fourth-order valence-electron chi connectivity index (χ4n) is 1.72. The van der Waals surface area contributed by atoms with Crippen LogP contribution in [0.4, 0.5) is 0 Å². The molecule has 0 atom stereocenters. The van der Waals surface area contributed by atoms with E-state index in [0.29, 0.717) is 17.4 Å². The molecule has 92 valence electrons. The van der Waals surface area contributed by atoms with Crippen LogP contribution >= 0.6 is 11.6 Å². The Bertz CT molecular complexity index is 698. The number of rotatable bonds is 2. The van der Waals surface area contributed by atoms with Crippen molar-refractivity contribution in [2.45, 2.75) is 19.8 Å². The number of fused-ring (bicyclic) bond motifs is 1. The molecule has 7 heteroatoms. The van der Waals surface area contributed by atoms with Crippen molar-refractivity contribution in [3.8, 4) is 5.82 Å². The van der Waals surface area contributed by atoms with Crippen molar-refractivity contribution in [2.24, 2.45) is 0 Å². The number of hydrogen-bond donors (Lipinski definition) is 1. The third-order valence-corrected chi connectivity index (χ3v) is 2.83. The molecule has 1 N–H and O–H groups in total. The zero-order valence-electron chi connectivity index (χ0n) is 9.92. The van der Waals surface area contributed by atoms with E-state index in [-0.39, 0.29) is 5.28 Å². The second-order valence-corrected chi connectivity index (χ2v) is 4.60. The Kier molecular flexibility index (Phi) is 2.52. The molecule has 0 aliphatic heterocycles. The van der Waals surface area contributed by atoms with Crippen LogP contribution < -0.4 is 0 Å². The van der Waals surface area contributed by atoms with Crippen molar-refractivity contribution < 1.29 is 0 Å². The zero-order chi connectivity index (χ0) is 12.7. The average Bonchev–Trinajstić information content (AvgIpc) is 2.95. The van der Waals surface area contributed by atoms with Gasteiger partial charge in [-0.15, -0.1) is 0 Å². The van der Waals surface area contributed by atoms with Crippen LogP contribution in [0.1, 0.15) is 25.5 Å². The van der Waals surface area contributed by atoms with E-state index in [2.05, 4.69) is 38.9 Å². The fourth-order valence-corrected chi connectivity index (χ4v) is 1.88. The third kappa shape index (κ3) is 1.74. The van der Waals surface area contributed by atoms with Gasteiger partial charge in [-0.25, -0.2) is 9.67 Å². The predicted octanol–water partition coefficient (Wildman–Crippen LogP) is 2.32. The van der Waals surface area contributed by atoms with Crippen molar-refractivity contribution in [1.29, 1.82) is 0 Å². The number of aromatic nitrogens is 6. The van der Waals surface area contributed by atoms with Crippen LogP contribution in [0.5, 0.6) is 0 Å². The lowest BCUT2D eigenvalue weighted by Gasteiger charge is -2.02. The Morgan fingerprint density at radius 3 is 2.89 bits per heavy atom. The normalized spacial score (nSPS) is 11.6. The first-order valence-corrected chi connectivity index (χ1v) is 5.95. The number of nitrogens with one attached hydrogen (secondary N) is 1. The molecule has 0 aromatic carbocycles. The van der Waals surface area contributed by atoms with Crippen LogP contribution in [0.3, 0.4) is 0 Å². The summed E-state index contributed by atoms with van der Waals surface area (Å²) in [5.41, 5.74) is 2.25. The van der Waals surface area contributed by atoms with Crippen molar-refractivity contribution >= 4 is 22.8 Å². The minimum absolute atomic E-state index is 0.159. The van der Waals surface area contributed by atoms with Crippen LogP contribution in [-0.2, 0) is 0 Å². The lowest BCUT2D eigenvalue weighted by Crippen LogP contribution is -2.02. The van der Waals surface area contributed by atoms with Gasteiger partial charge in [0.15, 0.2) is 11.5 Å². The highest BCUT2D eigenvalue weighted by atomic mass is 35.5. The molecule has 0 saturated heterocycles. The van der Waals surface area contributed by atoms with E-state index in [4.69, 9.17) is 11.6 Å². The quantitative estimate of drug-likeness (QED) is 0.720. The number of halogens is 1. The summed E-state index contributed by atoms with van der Waals surface area (Å²) in [5.74, 6) is 0.968. The van der Waals surface area contributed by atoms with Gasteiger partial charge < -0.3 is 4.98 Å². The highest BCUT2D eigenvalue weighted by Crippen LogP contribution is 2.19. The van der Waals surface area contributed by atoms with E-state index in [0.717, 1.165) is 11.2 Å². The van der Waals surface area contributed by atoms with Gasteiger partial charge in [0.05, 0.1) is 12.0 Å². The van der Waals surface area contributed by atoms with E-state index >= 15 is 0 Å². The Labute approximate surface area is 108 Å². The minimum atomic E-state index is 0.159. The second-order valence-electron chi connectivity index (χ2n) is 4.26. The first kappa shape index (κ1) is 11.2. The summed E-state index contributed by atoms with van der Waals surface area (Å²) >= 11 is 5.88. The summed E-state index contributed by atoms with van der Waals surface area (Å²) in [5, 5.41) is 4.63. The molecule has 3 heterocycles. The SMILES string of the molecule is CC(C)c1ccn(-c2nc(Cl)nc3nc[nH]c23)n1. The number of aromatic amines is 1. The highest BCUT2D eigenvalue weighted by molar-refractivity contribution is 6.28. The predicted molar refractivity (Wildman–Crippen MR) is 67.9 cm³/mol. The van der Waals surface area contributed by atoms with Crippen molar-refractivity contribution in [2.75, 3.05) is 0 Å². The van der Waals surface area contributed by atoms with E-state index in [1.54, 1.807) is 11.0 Å². The van der Waals surface area contributed by atoms with Gasteiger partial charge in [-0.1, -0.05) is 13.8 Å². The summed E-state index contributed by atoms with van der Waals surface area (Å²) in [6.07, 6.45) is 3.42. The Morgan fingerprint density at radius 2 is 2.17 bits per heavy atom. The largest absolute Gasteiger partial charge is 0.340 e. The first-order valence-electron chi connectivity index (χ1n) is 5.57. The summed E-state index contributed by atoms with van der Waals surface area (Å²) in [7, 11) is 0. The Balaban J connectivity index is 2.20. The van der Waals surface area contributed by atoms with Crippen LogP contribution in [-0.4, -0.2) is 29.7 Å². The van der Waals surface area contributed by atoms with Crippen molar-refractivity contribution in [1.82, 2.24) is 29.7 Å². The summed E-state index contributed by atoms with van der Waals surface area (Å²) in [4.78, 5) is 15.3. The number of nitrogens with zero attached hydrogens (tertiary/aromatic N) is 5. The third-order valence-electron chi connectivity index (χ3n) is 2.66. The van der Waals surface area contributed by atoms with Gasteiger partial charge in [0.25, 0.3) is 0 Å². The number of imidazole rings is 1. The van der Waals surface area contributed by atoms with Crippen LogP contribution in [0.15, 0.2) is 18.6 Å². The molecule has 0 radical (unpaired) electrons. The molecule has 3 rings (SSSR count). The number of H-pyrrole nitrogens is 1. The van der Waals surface area contributed by atoms with Gasteiger partial charge in [-0.2, -0.15) is 15.1 Å². The van der Waals surface area contributed by atoms with Gasteiger partial charge in [0.2, 0.25) is 5.28 Å². The molecule has 0 amide bonds. The lowest BCUT2D eigenvalue weighted by molar-refractivity contribution is 0.759. The molecule has 0 fully saturated rings. The monoisotopic (exact) mass is 262 g/mol. The molecule has 18 heavy (non-hydrogen) atoms. The minimum Gasteiger partial charge on any atom is -0.340 e. The molecular formula is C11H11ClN6. The van der Waals surface area contributed by atoms with Crippen molar-refractivity contribution in [3.05, 3.63) is 29.6 Å². The molecule has 0 spiro atoms. The molecule has 6 nitrogen and oxygen atoms in total. The number of hydrogen-bond acceptors (Lipinski definition) is 4. The maximum Gasteiger partial charge on any atom is 0.226 e.